The van der Waals surface area contributed by atoms with E-state index in [9.17, 15) is 13.5 Å². The lowest BCUT2D eigenvalue weighted by atomic mass is 10.2. The molecule has 3 rings (SSSR count). The fourth-order valence-corrected chi connectivity index (χ4v) is 4.09. The maximum absolute atomic E-state index is 11.8. The zero-order valence-corrected chi connectivity index (χ0v) is 15.7. The van der Waals surface area contributed by atoms with Gasteiger partial charge < -0.3 is 10.1 Å². The quantitative estimate of drug-likeness (QED) is 0.557. The Morgan fingerprint density at radius 2 is 2.27 bits per heavy atom. The number of aliphatic hydroxyl groups is 1. The predicted octanol–water partition coefficient (Wildman–Crippen LogP) is 2.16. The van der Waals surface area contributed by atoms with Gasteiger partial charge in [-0.3, -0.25) is 4.57 Å². The average Bonchev–Trinajstić information content (AvgIpc) is 3.18. The van der Waals surface area contributed by atoms with Gasteiger partial charge in [0.15, 0.2) is 0 Å². The monoisotopic (exact) mass is 377 g/mol. The van der Waals surface area contributed by atoms with E-state index in [0.717, 1.165) is 10.9 Å². The number of aromatic amines is 1. The summed E-state index contributed by atoms with van der Waals surface area (Å²) in [5, 5.41) is 11.0. The van der Waals surface area contributed by atoms with Crippen LogP contribution in [0.2, 0.25) is 0 Å². The van der Waals surface area contributed by atoms with E-state index >= 15 is 0 Å². The van der Waals surface area contributed by atoms with E-state index in [-0.39, 0.29) is 12.3 Å². The standard InChI is InChI=1S/C17H23N5O3S/c1-4-9-26(24,25)20-8-5-11(2)22-15-13-6-7-18-16(13)19-10-14(15)21-17(22)12(3)23/h6-7,10,12,20,23H,2,4-5,8-9H2,1,3H3,(H,18,19)/t12-/m1/s1. The minimum Gasteiger partial charge on any atom is -0.385 e. The molecule has 0 aromatic carbocycles. The molecular formula is C17H23N5O3S. The summed E-state index contributed by atoms with van der Waals surface area (Å²) in [6.07, 6.45) is 3.59. The largest absolute Gasteiger partial charge is 0.385 e. The molecule has 0 radical (unpaired) electrons. The van der Waals surface area contributed by atoms with Crippen LogP contribution >= 0.6 is 0 Å². The number of pyridine rings is 1. The van der Waals surface area contributed by atoms with E-state index in [1.54, 1.807) is 23.9 Å². The highest BCUT2D eigenvalue weighted by Gasteiger charge is 2.20. The van der Waals surface area contributed by atoms with E-state index in [1.807, 2.05) is 13.0 Å². The van der Waals surface area contributed by atoms with E-state index in [4.69, 9.17) is 0 Å². The maximum Gasteiger partial charge on any atom is 0.211 e. The van der Waals surface area contributed by atoms with Crippen LogP contribution in [-0.2, 0) is 10.0 Å². The number of hydrogen-bond donors (Lipinski definition) is 3. The Kier molecular flexibility index (Phi) is 5.12. The summed E-state index contributed by atoms with van der Waals surface area (Å²) in [5.74, 6) is 0.555. The lowest BCUT2D eigenvalue weighted by Crippen LogP contribution is -2.27. The molecule has 0 aliphatic heterocycles. The fraction of sp³-hybridized carbons (Fsp3) is 0.412. The number of aliphatic hydroxyl groups excluding tert-OH is 1. The lowest BCUT2D eigenvalue weighted by molar-refractivity contribution is 0.188. The van der Waals surface area contributed by atoms with E-state index in [0.29, 0.717) is 35.5 Å². The third-order valence-corrected chi connectivity index (χ3v) is 5.71. The predicted molar refractivity (Wildman–Crippen MR) is 102 cm³/mol. The number of fused-ring (bicyclic) bond motifs is 3. The van der Waals surface area contributed by atoms with Gasteiger partial charge in [-0.2, -0.15) is 0 Å². The van der Waals surface area contributed by atoms with Crippen LogP contribution in [-0.4, -0.2) is 45.3 Å². The van der Waals surface area contributed by atoms with Gasteiger partial charge in [0.25, 0.3) is 0 Å². The third kappa shape index (κ3) is 3.50. The second-order valence-electron chi connectivity index (χ2n) is 6.24. The van der Waals surface area contributed by atoms with Crippen LogP contribution in [0.15, 0.2) is 25.0 Å². The summed E-state index contributed by atoms with van der Waals surface area (Å²) < 4.78 is 28.0. The molecule has 3 N–H and O–H groups in total. The minimum absolute atomic E-state index is 0.0993. The molecule has 140 valence electrons. The molecule has 0 aliphatic rings. The molecule has 0 saturated carbocycles. The molecule has 0 aliphatic carbocycles. The Labute approximate surface area is 152 Å². The average molecular weight is 377 g/mol. The first-order valence-corrected chi connectivity index (χ1v) is 10.2. The van der Waals surface area contributed by atoms with Crippen LogP contribution in [0.1, 0.15) is 38.6 Å². The Hall–Kier alpha value is -2.23. The van der Waals surface area contributed by atoms with Crippen molar-refractivity contribution < 1.29 is 13.5 Å². The van der Waals surface area contributed by atoms with Crippen LogP contribution in [0.5, 0.6) is 0 Å². The summed E-state index contributed by atoms with van der Waals surface area (Å²) in [6.45, 7) is 7.79. The van der Waals surface area contributed by atoms with Crippen LogP contribution in [0.4, 0.5) is 0 Å². The smallest absolute Gasteiger partial charge is 0.211 e. The van der Waals surface area contributed by atoms with Crippen LogP contribution in [0, 0.1) is 0 Å². The van der Waals surface area contributed by atoms with Crippen molar-refractivity contribution in [1.29, 1.82) is 0 Å². The first-order chi connectivity index (χ1) is 12.3. The third-order valence-electron chi connectivity index (χ3n) is 4.12. The molecule has 0 fully saturated rings. The molecule has 8 nitrogen and oxygen atoms in total. The van der Waals surface area contributed by atoms with Gasteiger partial charge in [0.2, 0.25) is 10.0 Å². The summed E-state index contributed by atoms with van der Waals surface area (Å²) in [4.78, 5) is 11.9. The zero-order chi connectivity index (χ0) is 18.9. The number of nitrogens with zero attached hydrogens (tertiary/aromatic N) is 3. The molecule has 3 aromatic rings. The molecule has 0 spiro atoms. The number of imidazole rings is 1. The van der Waals surface area contributed by atoms with Gasteiger partial charge in [-0.25, -0.2) is 23.1 Å². The molecule has 0 bridgehead atoms. The second-order valence-corrected chi connectivity index (χ2v) is 8.17. The summed E-state index contributed by atoms with van der Waals surface area (Å²) in [6, 6.07) is 1.89. The Morgan fingerprint density at radius 3 is 2.96 bits per heavy atom. The highest BCUT2D eigenvalue weighted by molar-refractivity contribution is 7.89. The summed E-state index contributed by atoms with van der Waals surface area (Å²) in [7, 11) is -3.27. The van der Waals surface area contributed by atoms with Crippen LogP contribution < -0.4 is 4.72 Å². The SMILES string of the molecule is C=C(CCNS(=O)(=O)CCC)n1c([C@@H](C)O)nc2cnc3[nH]ccc3c21. The first-order valence-electron chi connectivity index (χ1n) is 8.52. The molecule has 9 heteroatoms. The highest BCUT2D eigenvalue weighted by atomic mass is 32.2. The Bertz CT molecular complexity index is 1050. The van der Waals surface area contributed by atoms with Crippen molar-refractivity contribution >= 4 is 37.8 Å². The van der Waals surface area contributed by atoms with Crippen molar-refractivity contribution in [2.45, 2.75) is 32.8 Å². The van der Waals surface area contributed by atoms with Crippen molar-refractivity contribution in [3.8, 4) is 0 Å². The van der Waals surface area contributed by atoms with Crippen molar-refractivity contribution in [3.63, 3.8) is 0 Å². The maximum atomic E-state index is 11.8. The van der Waals surface area contributed by atoms with Gasteiger partial charge in [-0.15, -0.1) is 0 Å². The molecule has 0 saturated heterocycles. The first kappa shape index (κ1) is 18.6. The number of aromatic nitrogens is 4. The molecule has 0 unspecified atom stereocenters. The number of H-pyrrole nitrogens is 1. The van der Waals surface area contributed by atoms with Crippen molar-refractivity contribution in [2.24, 2.45) is 0 Å². The number of rotatable bonds is 8. The Morgan fingerprint density at radius 1 is 1.50 bits per heavy atom. The normalized spacial score (nSPS) is 13.5. The summed E-state index contributed by atoms with van der Waals surface area (Å²) in [5.41, 5.74) is 2.82. The minimum atomic E-state index is -3.27. The number of nitrogens with one attached hydrogen (secondary N) is 2. The fourth-order valence-electron chi connectivity index (χ4n) is 2.99. The van der Waals surface area contributed by atoms with Crippen molar-refractivity contribution in [2.75, 3.05) is 12.3 Å². The van der Waals surface area contributed by atoms with Crippen molar-refractivity contribution in [3.05, 3.63) is 30.9 Å². The Balaban J connectivity index is 1.96. The molecule has 0 amide bonds. The number of hydrogen-bond acceptors (Lipinski definition) is 5. The lowest BCUT2D eigenvalue weighted by Gasteiger charge is -2.14. The summed E-state index contributed by atoms with van der Waals surface area (Å²) >= 11 is 0. The number of sulfonamides is 1. The van der Waals surface area contributed by atoms with Gasteiger partial charge >= 0.3 is 0 Å². The van der Waals surface area contributed by atoms with E-state index < -0.39 is 16.1 Å². The zero-order valence-electron chi connectivity index (χ0n) is 14.9. The molecule has 1 atom stereocenters. The van der Waals surface area contributed by atoms with Gasteiger partial charge in [-0.05, 0) is 19.4 Å². The molecule has 26 heavy (non-hydrogen) atoms. The second kappa shape index (κ2) is 7.18. The molecule has 3 aromatic heterocycles. The molecule has 3 heterocycles. The van der Waals surface area contributed by atoms with Gasteiger partial charge in [0, 0.05) is 30.2 Å². The topological polar surface area (TPSA) is 113 Å². The van der Waals surface area contributed by atoms with E-state index in [2.05, 4.69) is 26.3 Å². The van der Waals surface area contributed by atoms with Gasteiger partial charge in [0.05, 0.1) is 17.5 Å². The highest BCUT2D eigenvalue weighted by Crippen LogP contribution is 2.29. The van der Waals surface area contributed by atoms with Crippen LogP contribution in [0.3, 0.4) is 0 Å². The van der Waals surface area contributed by atoms with Crippen molar-refractivity contribution in [1.82, 2.24) is 24.2 Å². The van der Waals surface area contributed by atoms with Gasteiger partial charge in [0.1, 0.15) is 23.1 Å². The van der Waals surface area contributed by atoms with Gasteiger partial charge in [-0.1, -0.05) is 13.5 Å². The van der Waals surface area contributed by atoms with E-state index in [1.165, 1.54) is 0 Å². The van der Waals surface area contributed by atoms with Crippen LogP contribution in [0.25, 0.3) is 27.8 Å². The molecular weight excluding hydrogens is 354 g/mol.